The Hall–Kier alpha value is -1.59. The summed E-state index contributed by atoms with van der Waals surface area (Å²) in [6.07, 6.45) is 1.17. The van der Waals surface area contributed by atoms with Gasteiger partial charge in [0.05, 0.1) is 6.10 Å². The number of ether oxygens (including phenoxy) is 1. The second-order valence-corrected chi connectivity index (χ2v) is 5.18. The van der Waals surface area contributed by atoms with Crippen LogP contribution in [-0.2, 0) is 11.3 Å². The quantitative estimate of drug-likeness (QED) is 0.332. The van der Waals surface area contributed by atoms with Crippen LogP contribution in [0.2, 0.25) is 0 Å². The molecule has 5 heteroatoms. The first-order valence-electron chi connectivity index (χ1n) is 6.49. The maximum atomic E-state index is 8.81. The molecule has 0 saturated carbocycles. The highest BCUT2D eigenvalue weighted by Crippen LogP contribution is 2.25. The molecule has 0 bridgehead atoms. The fourth-order valence-corrected chi connectivity index (χ4v) is 2.34. The maximum Gasteiger partial charge on any atom is 0.170 e. The van der Waals surface area contributed by atoms with Gasteiger partial charge in [-0.25, -0.2) is 0 Å². The lowest BCUT2D eigenvalue weighted by molar-refractivity contribution is 0.0881. The van der Waals surface area contributed by atoms with E-state index in [-0.39, 0.29) is 17.5 Å². The maximum absolute atomic E-state index is 8.81. The molecule has 0 aromatic heterocycles. The second kappa shape index (κ2) is 5.59. The van der Waals surface area contributed by atoms with Crippen molar-refractivity contribution in [1.29, 1.82) is 0 Å². The van der Waals surface area contributed by atoms with Gasteiger partial charge in [-0.2, -0.15) is 0 Å². The normalized spacial score (nSPS) is 27.7. The minimum Gasteiger partial charge on any atom is -0.409 e. The number of oxime groups is 1. The highest BCUT2D eigenvalue weighted by Gasteiger charge is 2.36. The van der Waals surface area contributed by atoms with Crippen molar-refractivity contribution >= 4 is 5.84 Å². The number of amidine groups is 1. The van der Waals surface area contributed by atoms with Gasteiger partial charge in [0.15, 0.2) is 5.84 Å². The van der Waals surface area contributed by atoms with Crippen LogP contribution in [0.5, 0.6) is 0 Å². The number of nitrogens with two attached hydrogens (primary N) is 1. The highest BCUT2D eigenvalue weighted by atomic mass is 16.5. The van der Waals surface area contributed by atoms with E-state index in [1.807, 2.05) is 24.3 Å². The molecular weight excluding hydrogens is 242 g/mol. The molecule has 0 spiro atoms. The van der Waals surface area contributed by atoms with E-state index in [4.69, 9.17) is 15.7 Å². The Bertz CT molecular complexity index is 476. The molecule has 5 nitrogen and oxygen atoms in total. The SMILES string of the molecule is CC1OCCC1(C)NCc1ccccc1/C(N)=N/O. The Morgan fingerprint density at radius 3 is 2.95 bits per heavy atom. The molecule has 2 unspecified atom stereocenters. The molecular formula is C14H21N3O2. The van der Waals surface area contributed by atoms with Crippen molar-refractivity contribution in [1.82, 2.24) is 5.32 Å². The Morgan fingerprint density at radius 2 is 2.32 bits per heavy atom. The third kappa shape index (κ3) is 2.88. The predicted molar refractivity (Wildman–Crippen MR) is 74.2 cm³/mol. The summed E-state index contributed by atoms with van der Waals surface area (Å²) in [5.41, 5.74) is 7.43. The smallest absolute Gasteiger partial charge is 0.170 e. The zero-order chi connectivity index (χ0) is 13.9. The van der Waals surface area contributed by atoms with Crippen molar-refractivity contribution in [2.45, 2.75) is 38.5 Å². The van der Waals surface area contributed by atoms with Gasteiger partial charge in [-0.15, -0.1) is 0 Å². The average Bonchev–Trinajstić information content (AvgIpc) is 2.76. The zero-order valence-corrected chi connectivity index (χ0v) is 11.4. The van der Waals surface area contributed by atoms with Crippen molar-refractivity contribution < 1.29 is 9.94 Å². The topological polar surface area (TPSA) is 79.9 Å². The molecule has 2 atom stereocenters. The Morgan fingerprint density at radius 1 is 1.58 bits per heavy atom. The Balaban J connectivity index is 2.12. The fourth-order valence-electron chi connectivity index (χ4n) is 2.34. The van der Waals surface area contributed by atoms with Crippen molar-refractivity contribution in [3.05, 3.63) is 35.4 Å². The minimum absolute atomic E-state index is 0.0295. The number of nitrogens with one attached hydrogen (secondary N) is 1. The zero-order valence-electron chi connectivity index (χ0n) is 11.4. The predicted octanol–water partition coefficient (Wildman–Crippen LogP) is 1.44. The first kappa shape index (κ1) is 13.8. The molecule has 19 heavy (non-hydrogen) atoms. The molecule has 0 radical (unpaired) electrons. The van der Waals surface area contributed by atoms with Crippen molar-refractivity contribution in [2.24, 2.45) is 10.9 Å². The van der Waals surface area contributed by atoms with Crippen LogP contribution in [0.4, 0.5) is 0 Å². The summed E-state index contributed by atoms with van der Waals surface area (Å²) < 4.78 is 5.60. The molecule has 1 aromatic rings. The number of nitrogens with zero attached hydrogens (tertiary/aromatic N) is 1. The largest absolute Gasteiger partial charge is 0.409 e. The van der Waals surface area contributed by atoms with Crippen LogP contribution in [0, 0.1) is 0 Å². The molecule has 1 aliphatic heterocycles. The lowest BCUT2D eigenvalue weighted by Crippen LogP contribution is -2.47. The van der Waals surface area contributed by atoms with Gasteiger partial charge >= 0.3 is 0 Å². The van der Waals surface area contributed by atoms with Gasteiger partial charge in [-0.1, -0.05) is 29.4 Å². The fraction of sp³-hybridized carbons (Fsp3) is 0.500. The summed E-state index contributed by atoms with van der Waals surface area (Å²) in [5, 5.41) is 15.4. The van der Waals surface area contributed by atoms with Crippen LogP contribution in [0.3, 0.4) is 0 Å². The summed E-state index contributed by atoms with van der Waals surface area (Å²) in [4.78, 5) is 0. The van der Waals surface area contributed by atoms with Gasteiger partial charge in [0.2, 0.25) is 0 Å². The average molecular weight is 263 g/mol. The molecule has 1 heterocycles. The van der Waals surface area contributed by atoms with Gasteiger partial charge in [0.1, 0.15) is 0 Å². The second-order valence-electron chi connectivity index (χ2n) is 5.18. The summed E-state index contributed by atoms with van der Waals surface area (Å²) in [7, 11) is 0. The lowest BCUT2D eigenvalue weighted by atomic mass is 9.94. The first-order chi connectivity index (χ1) is 9.07. The Kier molecular flexibility index (Phi) is 4.07. The summed E-state index contributed by atoms with van der Waals surface area (Å²) in [6, 6.07) is 7.65. The molecule has 1 fully saturated rings. The van der Waals surface area contributed by atoms with Gasteiger partial charge in [0.25, 0.3) is 0 Å². The number of hydrogen-bond acceptors (Lipinski definition) is 4. The minimum atomic E-state index is -0.0295. The van der Waals surface area contributed by atoms with Crippen LogP contribution >= 0.6 is 0 Å². The van der Waals surface area contributed by atoms with Gasteiger partial charge in [-0.3, -0.25) is 0 Å². The van der Waals surface area contributed by atoms with Crippen LogP contribution in [0.1, 0.15) is 31.4 Å². The van der Waals surface area contributed by atoms with Crippen LogP contribution in [0.25, 0.3) is 0 Å². The van der Waals surface area contributed by atoms with E-state index in [1.165, 1.54) is 0 Å². The monoisotopic (exact) mass is 263 g/mol. The van der Waals surface area contributed by atoms with E-state index in [0.29, 0.717) is 6.54 Å². The van der Waals surface area contributed by atoms with E-state index >= 15 is 0 Å². The molecule has 1 aromatic carbocycles. The highest BCUT2D eigenvalue weighted by molar-refractivity contribution is 5.98. The third-order valence-electron chi connectivity index (χ3n) is 3.97. The molecule has 0 amide bonds. The molecule has 104 valence electrons. The van der Waals surface area contributed by atoms with Gasteiger partial charge in [-0.05, 0) is 25.8 Å². The van der Waals surface area contributed by atoms with Crippen LogP contribution < -0.4 is 11.1 Å². The van der Waals surface area contributed by atoms with Gasteiger partial charge < -0.3 is 21.0 Å². The van der Waals surface area contributed by atoms with E-state index in [9.17, 15) is 0 Å². The molecule has 1 aliphatic rings. The molecule has 1 saturated heterocycles. The molecule has 4 N–H and O–H groups in total. The number of benzene rings is 1. The Labute approximate surface area is 113 Å². The molecule has 2 rings (SSSR count). The summed E-state index contributed by atoms with van der Waals surface area (Å²) >= 11 is 0. The number of rotatable bonds is 4. The van der Waals surface area contributed by atoms with Crippen LogP contribution in [0.15, 0.2) is 29.4 Å². The summed E-state index contributed by atoms with van der Waals surface area (Å²) in [5.74, 6) is 0.137. The summed E-state index contributed by atoms with van der Waals surface area (Å²) in [6.45, 7) is 5.69. The van der Waals surface area contributed by atoms with E-state index in [0.717, 1.165) is 24.2 Å². The third-order valence-corrected chi connectivity index (χ3v) is 3.97. The van der Waals surface area contributed by atoms with E-state index in [2.05, 4.69) is 24.3 Å². The van der Waals surface area contributed by atoms with Crippen molar-refractivity contribution in [2.75, 3.05) is 6.61 Å². The lowest BCUT2D eigenvalue weighted by Gasteiger charge is -2.29. The van der Waals surface area contributed by atoms with Crippen molar-refractivity contribution in [3.8, 4) is 0 Å². The molecule has 0 aliphatic carbocycles. The van der Waals surface area contributed by atoms with Crippen molar-refractivity contribution in [3.63, 3.8) is 0 Å². The standard InChI is InChI=1S/C14H21N3O2/c1-10-14(2,7-8-19-10)16-9-11-5-3-4-6-12(11)13(15)17-18/h3-6,10,16,18H,7-9H2,1-2H3,(H2,15,17). The van der Waals surface area contributed by atoms with E-state index < -0.39 is 0 Å². The van der Waals surface area contributed by atoms with E-state index in [1.54, 1.807) is 0 Å². The first-order valence-corrected chi connectivity index (χ1v) is 6.49. The number of hydrogen-bond donors (Lipinski definition) is 3. The van der Waals surface area contributed by atoms with Gasteiger partial charge in [0, 0.05) is 24.3 Å². The van der Waals surface area contributed by atoms with Crippen LogP contribution in [-0.4, -0.2) is 29.3 Å².